The molecule has 0 aliphatic rings. The Bertz CT molecular complexity index is 423. The molecule has 0 spiro atoms. The molecular weight excluding hydrogens is 542 g/mol. The van der Waals surface area contributed by atoms with E-state index in [9.17, 15) is 23.3 Å². The summed E-state index contributed by atoms with van der Waals surface area (Å²) in [5, 5.41) is 10.1. The van der Waals surface area contributed by atoms with Crippen LogP contribution in [0.15, 0.2) is 22.8 Å². The summed E-state index contributed by atoms with van der Waals surface area (Å²) in [5.74, 6) is 0. The van der Waals surface area contributed by atoms with Crippen molar-refractivity contribution in [2.75, 3.05) is 0 Å². The topological polar surface area (TPSA) is 69.2 Å². The molecule has 0 heterocycles. The summed E-state index contributed by atoms with van der Waals surface area (Å²) in [6.07, 6.45) is -4.59. The van der Waals surface area contributed by atoms with Gasteiger partial charge >= 0.3 is 6.18 Å². The largest absolute Gasteiger partial charge is 0.482 e. The Kier molecular flexibility index (Phi) is 9.37. The molecular formula is C9H6BrF3N2NpO2-2. The number of nitrogens with two attached hydrogens (primary N) is 1. The van der Waals surface area contributed by atoms with Gasteiger partial charge in [0.05, 0.1) is 0 Å². The van der Waals surface area contributed by atoms with Crippen molar-refractivity contribution in [2.45, 2.75) is 6.18 Å². The zero-order valence-electron chi connectivity index (χ0n) is 8.61. The summed E-state index contributed by atoms with van der Waals surface area (Å²) in [6.45, 7) is 4.72. The number of rotatable bonds is 1. The molecule has 0 saturated heterocycles. The van der Waals surface area contributed by atoms with Gasteiger partial charge in [-0.05, 0) is 0 Å². The maximum absolute atomic E-state index is 12.0. The van der Waals surface area contributed by atoms with Gasteiger partial charge in [-0.3, -0.25) is 10.1 Å². The van der Waals surface area contributed by atoms with E-state index in [0.717, 1.165) is 12.1 Å². The Morgan fingerprint density at radius 1 is 1.56 bits per heavy atom. The maximum Gasteiger partial charge on any atom is 0.394 e. The standard InChI is InChI=1S/C7H3F3NO2.C2H3BrN.Np/c8-7(9,10)5-2-1-3-6(4-5)11(12)13;1-2(3)4;/h1,3-4H;1H,4H2;/q2*-1;. The fraction of sp³-hybridized carbons (Fsp3) is 0.111. The van der Waals surface area contributed by atoms with E-state index in [2.05, 4.69) is 15.9 Å². The van der Waals surface area contributed by atoms with Crippen molar-refractivity contribution < 1.29 is 48.0 Å². The van der Waals surface area contributed by atoms with E-state index in [1.165, 1.54) is 0 Å². The molecule has 99 valence electrons. The Labute approximate surface area is 132 Å². The van der Waals surface area contributed by atoms with Gasteiger partial charge in [-0.2, -0.15) is 25.3 Å². The second kappa shape index (κ2) is 8.53. The first-order valence-electron chi connectivity index (χ1n) is 3.91. The molecule has 9 heteroatoms. The number of non-ortho nitro benzene ring substituents is 1. The van der Waals surface area contributed by atoms with Crippen LogP contribution in [-0.4, -0.2) is 4.92 Å². The average Bonchev–Trinajstić information content (AvgIpc) is 2.15. The minimum Gasteiger partial charge on any atom is -0.482 e. The van der Waals surface area contributed by atoms with Crippen LogP contribution < -0.4 is 5.73 Å². The zero-order valence-corrected chi connectivity index (χ0v) is 13.9. The third-order valence-electron chi connectivity index (χ3n) is 1.30. The van der Waals surface area contributed by atoms with E-state index >= 15 is 0 Å². The van der Waals surface area contributed by atoms with Gasteiger partial charge in [-0.1, -0.05) is 33.6 Å². The quantitative estimate of drug-likeness (QED) is 0.254. The van der Waals surface area contributed by atoms with Crippen LogP contribution >= 0.6 is 15.9 Å². The summed E-state index contributed by atoms with van der Waals surface area (Å²) in [6, 6.07) is 4.15. The average molecular weight is 548 g/mol. The number of nitro benzene ring substituents is 1. The maximum atomic E-state index is 12.0. The fourth-order valence-electron chi connectivity index (χ4n) is 0.732. The summed E-state index contributed by atoms with van der Waals surface area (Å²) in [4.78, 5) is 9.22. The number of nitro groups is 1. The predicted molar refractivity (Wildman–Crippen MR) is 57.9 cm³/mol. The second-order valence-electron chi connectivity index (χ2n) is 2.60. The van der Waals surface area contributed by atoms with Crippen molar-refractivity contribution in [1.82, 2.24) is 0 Å². The third-order valence-corrected chi connectivity index (χ3v) is 1.30. The minimum absolute atomic E-state index is 0. The summed E-state index contributed by atoms with van der Waals surface area (Å²) in [7, 11) is 0. The van der Waals surface area contributed by atoms with Gasteiger partial charge in [-0.25, -0.2) is 0 Å². The van der Waals surface area contributed by atoms with E-state index in [4.69, 9.17) is 12.3 Å². The van der Waals surface area contributed by atoms with Gasteiger partial charge in [0.15, 0.2) is 5.69 Å². The monoisotopic (exact) mass is 546 g/mol. The number of hydrogen-bond donors (Lipinski definition) is 1. The van der Waals surface area contributed by atoms with E-state index in [0.29, 0.717) is 6.07 Å². The van der Waals surface area contributed by atoms with Crippen LogP contribution in [0.5, 0.6) is 0 Å². The van der Waals surface area contributed by atoms with Crippen LogP contribution in [0.1, 0.15) is 5.56 Å². The third kappa shape index (κ3) is 8.52. The molecule has 1 aromatic carbocycles. The van der Waals surface area contributed by atoms with Crippen molar-refractivity contribution in [3.8, 4) is 0 Å². The van der Waals surface area contributed by atoms with Crippen molar-refractivity contribution in [3.63, 3.8) is 0 Å². The zero-order chi connectivity index (χ0) is 13.6. The first-order chi connectivity index (χ1) is 7.64. The Balaban J connectivity index is 0. The van der Waals surface area contributed by atoms with Gasteiger partial charge < -0.3 is 12.3 Å². The smallest absolute Gasteiger partial charge is 0.394 e. The van der Waals surface area contributed by atoms with Crippen molar-refractivity contribution in [3.05, 3.63) is 51.1 Å². The number of halogens is 4. The van der Waals surface area contributed by atoms with E-state index in [1.54, 1.807) is 0 Å². The van der Waals surface area contributed by atoms with Gasteiger partial charge in [-0.15, -0.1) is 4.61 Å². The van der Waals surface area contributed by atoms with Crippen molar-refractivity contribution >= 4 is 21.6 Å². The van der Waals surface area contributed by atoms with Crippen LogP contribution in [0.2, 0.25) is 0 Å². The van der Waals surface area contributed by atoms with Crippen LogP contribution in [0.3, 0.4) is 0 Å². The Hall–Kier alpha value is -0.557. The first kappa shape index (κ1) is 19.8. The normalized spacial score (nSPS) is 9.56. The molecule has 0 bridgehead atoms. The van der Waals surface area contributed by atoms with Crippen LogP contribution in [0.25, 0.3) is 0 Å². The SMILES string of the molecule is O=[N+]([O-])c1cc[c-]c(C(F)(F)F)c1.[CH-]=C(N)Br.[Np]. The molecule has 0 aliphatic heterocycles. The van der Waals surface area contributed by atoms with Gasteiger partial charge in [0.2, 0.25) is 0 Å². The summed E-state index contributed by atoms with van der Waals surface area (Å²) >= 11 is 2.74. The van der Waals surface area contributed by atoms with E-state index in [-0.39, 0.29) is 34.5 Å². The second-order valence-corrected chi connectivity index (χ2v) is 3.52. The summed E-state index contributed by atoms with van der Waals surface area (Å²) < 4.78 is 36.2. The number of hydrogen-bond acceptors (Lipinski definition) is 3. The molecule has 2 N–H and O–H groups in total. The Morgan fingerprint density at radius 2 is 2.00 bits per heavy atom. The molecule has 1 aromatic rings. The molecule has 0 unspecified atom stereocenters. The predicted octanol–water partition coefficient (Wildman–Crippen LogP) is 3.03. The number of nitrogens with zero attached hydrogens (tertiary/aromatic N) is 1. The summed E-state index contributed by atoms with van der Waals surface area (Å²) in [5.41, 5.74) is 2.99. The fourth-order valence-corrected chi connectivity index (χ4v) is 0.732. The van der Waals surface area contributed by atoms with Crippen LogP contribution in [0.4, 0.5) is 18.9 Å². The molecule has 0 aliphatic carbocycles. The minimum atomic E-state index is -4.59. The molecule has 1 rings (SSSR count). The molecule has 1 radical (unpaired) electrons. The van der Waals surface area contributed by atoms with Crippen molar-refractivity contribution in [1.29, 1.82) is 0 Å². The number of benzene rings is 1. The van der Waals surface area contributed by atoms with Crippen LogP contribution in [-0.2, 0) is 6.18 Å². The molecule has 4 nitrogen and oxygen atoms in total. The molecule has 0 fully saturated rings. The van der Waals surface area contributed by atoms with E-state index in [1.807, 2.05) is 6.07 Å². The first-order valence-corrected chi connectivity index (χ1v) is 4.70. The molecule has 18 heavy (non-hydrogen) atoms. The molecule has 0 amide bonds. The van der Waals surface area contributed by atoms with Gasteiger partial charge in [0.25, 0.3) is 0 Å². The van der Waals surface area contributed by atoms with E-state index < -0.39 is 22.4 Å². The van der Waals surface area contributed by atoms with Crippen molar-refractivity contribution in [2.24, 2.45) is 5.73 Å². The number of alkyl halides is 3. The molecule has 0 atom stereocenters. The Morgan fingerprint density at radius 3 is 2.33 bits per heavy atom. The molecule has 0 aromatic heterocycles. The van der Waals surface area contributed by atoms with Gasteiger partial charge in [0.1, 0.15) is 0 Å². The molecule has 0 saturated carbocycles. The van der Waals surface area contributed by atoms with Gasteiger partial charge in [0, 0.05) is 34.9 Å². The van der Waals surface area contributed by atoms with Crippen LogP contribution in [0, 0.1) is 52.7 Å².